The van der Waals surface area contributed by atoms with Gasteiger partial charge in [-0.2, -0.15) is 0 Å². The van der Waals surface area contributed by atoms with Crippen molar-refractivity contribution in [3.8, 4) is 22.8 Å². The smallest absolute Gasteiger partial charge is 0.254 e. The van der Waals surface area contributed by atoms with Crippen molar-refractivity contribution in [1.82, 2.24) is 24.0 Å². The zero-order chi connectivity index (χ0) is 29.0. The SMILES string of the molecule is Cn1c(-c2cc3ccc(-c4ccc5c(c4)CC(=O)N5)nc3n2CC2CC2)nc2cc(C(=O)N3C[C@H]4CC[C@@H]3[C@@H]4N)ccc21. The van der Waals surface area contributed by atoms with Crippen LogP contribution in [0.25, 0.3) is 44.8 Å². The molecule has 0 unspecified atom stereocenters. The van der Waals surface area contributed by atoms with Crippen molar-refractivity contribution in [3.05, 3.63) is 65.7 Å². The highest BCUT2D eigenvalue weighted by Crippen LogP contribution is 2.39. The van der Waals surface area contributed by atoms with Crippen LogP contribution in [-0.2, 0) is 24.8 Å². The van der Waals surface area contributed by atoms with Gasteiger partial charge in [-0.3, -0.25) is 9.59 Å². The van der Waals surface area contributed by atoms with E-state index in [0.29, 0.717) is 23.8 Å². The Morgan fingerprint density at radius 2 is 1.91 bits per heavy atom. The molecular formula is C34H33N7O2. The number of rotatable bonds is 5. The molecule has 2 amide bonds. The number of pyridine rings is 1. The average Bonchev–Trinajstić information content (AvgIpc) is 3.23. The van der Waals surface area contributed by atoms with Gasteiger partial charge in [0.25, 0.3) is 5.91 Å². The van der Waals surface area contributed by atoms with Gasteiger partial charge in [0.2, 0.25) is 5.91 Å². The van der Waals surface area contributed by atoms with Gasteiger partial charge in [-0.05, 0) is 91.6 Å². The number of carbonyl (C=O) groups is 2. The van der Waals surface area contributed by atoms with Gasteiger partial charge in [-0.1, -0.05) is 6.07 Å². The Kier molecular flexibility index (Phi) is 5.24. The van der Waals surface area contributed by atoms with E-state index in [1.54, 1.807) is 0 Å². The topological polar surface area (TPSA) is 111 Å². The van der Waals surface area contributed by atoms with E-state index in [2.05, 4.69) is 38.7 Å². The van der Waals surface area contributed by atoms with E-state index in [9.17, 15) is 9.59 Å². The number of nitrogens with one attached hydrogen (secondary N) is 1. The summed E-state index contributed by atoms with van der Waals surface area (Å²) >= 11 is 0. The number of anilines is 1. The van der Waals surface area contributed by atoms with Crippen LogP contribution >= 0.6 is 0 Å². The van der Waals surface area contributed by atoms with Gasteiger partial charge in [0.15, 0.2) is 5.82 Å². The summed E-state index contributed by atoms with van der Waals surface area (Å²) in [5.74, 6) is 2.01. The standard InChI is InChI=1S/C34H33N7O2/c1-39-27-10-6-21(34(43)41-17-22-7-11-28(41)31(22)35)13-26(27)38-33(39)29-14-20-5-9-24(37-32(20)40(29)16-18-2-3-18)19-4-8-25-23(12-19)15-30(42)36-25/h4-6,8-10,12-14,18,22,28,31H,2-3,7,11,15-17,35H2,1H3,(H,36,42)/t22-,28-,31-/m1/s1. The number of carbonyl (C=O) groups excluding carboxylic acids is 2. The lowest BCUT2D eigenvalue weighted by atomic mass is 10.1. The number of hydrogen-bond donors (Lipinski definition) is 2. The molecule has 43 heavy (non-hydrogen) atoms. The van der Waals surface area contributed by atoms with Crippen molar-refractivity contribution < 1.29 is 9.59 Å². The Morgan fingerprint density at radius 3 is 2.70 bits per heavy atom. The first kappa shape index (κ1) is 25.0. The first-order valence-electron chi connectivity index (χ1n) is 15.4. The molecule has 2 aromatic carbocycles. The highest BCUT2D eigenvalue weighted by molar-refractivity contribution is 6.00. The third kappa shape index (κ3) is 3.87. The Labute approximate surface area is 248 Å². The number of aromatic nitrogens is 4. The first-order chi connectivity index (χ1) is 20.9. The number of piperidine rings is 1. The average molecular weight is 572 g/mol. The fraction of sp³-hybridized carbons (Fsp3) is 0.353. The highest BCUT2D eigenvalue weighted by Gasteiger charge is 2.46. The zero-order valence-electron chi connectivity index (χ0n) is 24.1. The van der Waals surface area contributed by atoms with E-state index in [-0.39, 0.29) is 23.9 Å². The summed E-state index contributed by atoms with van der Waals surface area (Å²) in [4.78, 5) is 37.7. The van der Waals surface area contributed by atoms with Crippen LogP contribution in [0.5, 0.6) is 0 Å². The Hall–Kier alpha value is -4.50. The van der Waals surface area contributed by atoms with E-state index in [1.165, 1.54) is 12.8 Å². The fourth-order valence-electron chi connectivity index (χ4n) is 7.62. The lowest BCUT2D eigenvalue weighted by Gasteiger charge is -2.27. The monoisotopic (exact) mass is 571 g/mol. The maximum absolute atomic E-state index is 13.5. The third-order valence-electron chi connectivity index (χ3n) is 10.2. The fourth-order valence-corrected chi connectivity index (χ4v) is 7.62. The lowest BCUT2D eigenvalue weighted by Crippen LogP contribution is -2.41. The summed E-state index contributed by atoms with van der Waals surface area (Å²) in [5, 5.41) is 3.98. The van der Waals surface area contributed by atoms with E-state index < -0.39 is 0 Å². The summed E-state index contributed by atoms with van der Waals surface area (Å²) in [5.41, 5.74) is 14.6. The van der Waals surface area contributed by atoms with Gasteiger partial charge in [-0.25, -0.2) is 9.97 Å². The number of benzene rings is 2. The summed E-state index contributed by atoms with van der Waals surface area (Å²) in [6.07, 6.45) is 4.97. The number of likely N-dealkylation sites (tertiary alicyclic amines) is 1. The molecule has 216 valence electrons. The molecule has 2 aliphatic heterocycles. The minimum Gasteiger partial charge on any atom is -0.334 e. The normalized spacial score (nSPS) is 22.6. The van der Waals surface area contributed by atoms with Gasteiger partial charge in [0, 0.05) is 54.4 Å². The minimum atomic E-state index is 0.0321. The van der Waals surface area contributed by atoms with Gasteiger partial charge in [-0.15, -0.1) is 0 Å². The predicted octanol–water partition coefficient (Wildman–Crippen LogP) is 4.72. The molecule has 2 saturated carbocycles. The van der Waals surface area contributed by atoms with Crippen molar-refractivity contribution >= 4 is 39.6 Å². The molecule has 4 aliphatic rings. The first-order valence-corrected chi connectivity index (χ1v) is 15.4. The summed E-state index contributed by atoms with van der Waals surface area (Å²) in [6.45, 7) is 1.65. The molecule has 9 rings (SSSR count). The van der Waals surface area contributed by atoms with Crippen LogP contribution in [0.15, 0.2) is 54.6 Å². The third-order valence-corrected chi connectivity index (χ3v) is 10.2. The number of nitrogens with two attached hydrogens (primary N) is 1. The Morgan fingerprint density at radius 1 is 1.02 bits per heavy atom. The molecular weight excluding hydrogens is 538 g/mol. The molecule has 1 saturated heterocycles. The molecule has 3 fully saturated rings. The summed E-state index contributed by atoms with van der Waals surface area (Å²) in [6, 6.07) is 18.6. The van der Waals surface area contributed by atoms with Crippen molar-refractivity contribution in [2.75, 3.05) is 11.9 Å². The van der Waals surface area contributed by atoms with Crippen molar-refractivity contribution in [1.29, 1.82) is 0 Å². The highest BCUT2D eigenvalue weighted by atomic mass is 16.2. The van der Waals surface area contributed by atoms with Crippen molar-refractivity contribution in [3.63, 3.8) is 0 Å². The van der Waals surface area contributed by atoms with Gasteiger partial charge >= 0.3 is 0 Å². The number of imidazole rings is 1. The van der Waals surface area contributed by atoms with Crippen LogP contribution in [0, 0.1) is 11.8 Å². The molecule has 9 heteroatoms. The number of amides is 2. The van der Waals surface area contributed by atoms with E-state index in [1.807, 2.05) is 42.3 Å². The maximum atomic E-state index is 13.5. The summed E-state index contributed by atoms with van der Waals surface area (Å²) in [7, 11) is 2.04. The van der Waals surface area contributed by atoms with E-state index in [0.717, 1.165) is 82.0 Å². The van der Waals surface area contributed by atoms with E-state index in [4.69, 9.17) is 15.7 Å². The Balaban J connectivity index is 1.11. The second kappa shape index (κ2) is 9.00. The zero-order valence-corrected chi connectivity index (χ0v) is 24.1. The number of hydrogen-bond acceptors (Lipinski definition) is 5. The van der Waals surface area contributed by atoms with Crippen LogP contribution < -0.4 is 11.1 Å². The number of nitrogens with zero attached hydrogens (tertiary/aromatic N) is 5. The van der Waals surface area contributed by atoms with Crippen LogP contribution in [0.2, 0.25) is 0 Å². The molecule has 9 nitrogen and oxygen atoms in total. The molecule has 3 atom stereocenters. The quantitative estimate of drug-likeness (QED) is 0.317. The van der Waals surface area contributed by atoms with E-state index >= 15 is 0 Å². The molecule has 3 aromatic heterocycles. The molecule has 2 bridgehead atoms. The molecule has 3 N–H and O–H groups in total. The van der Waals surface area contributed by atoms with Gasteiger partial charge < -0.3 is 25.1 Å². The predicted molar refractivity (Wildman–Crippen MR) is 165 cm³/mol. The molecule has 5 heterocycles. The van der Waals surface area contributed by atoms with Gasteiger partial charge in [0.05, 0.1) is 28.8 Å². The molecule has 2 aliphatic carbocycles. The second-order valence-electron chi connectivity index (χ2n) is 12.9. The molecule has 0 radical (unpaired) electrons. The minimum absolute atomic E-state index is 0.0321. The van der Waals surface area contributed by atoms with Crippen molar-refractivity contribution in [2.24, 2.45) is 24.6 Å². The Bertz CT molecular complexity index is 2000. The van der Waals surface area contributed by atoms with Crippen LogP contribution in [0.4, 0.5) is 5.69 Å². The second-order valence-corrected chi connectivity index (χ2v) is 12.9. The van der Waals surface area contributed by atoms with Crippen LogP contribution in [-0.4, -0.2) is 54.4 Å². The van der Waals surface area contributed by atoms with Crippen LogP contribution in [0.3, 0.4) is 0 Å². The van der Waals surface area contributed by atoms with Crippen LogP contribution in [0.1, 0.15) is 41.6 Å². The largest absolute Gasteiger partial charge is 0.334 e. The number of aryl methyl sites for hydroxylation is 1. The summed E-state index contributed by atoms with van der Waals surface area (Å²) < 4.78 is 4.45. The number of fused-ring (bicyclic) bond motifs is 5. The van der Waals surface area contributed by atoms with Gasteiger partial charge in [0.1, 0.15) is 5.65 Å². The van der Waals surface area contributed by atoms with Crippen molar-refractivity contribution in [2.45, 2.75) is 50.7 Å². The lowest BCUT2D eigenvalue weighted by molar-refractivity contribution is -0.115. The maximum Gasteiger partial charge on any atom is 0.254 e. The molecule has 5 aromatic rings. The molecule has 0 spiro atoms.